The van der Waals surface area contributed by atoms with Crippen LogP contribution in [-0.4, -0.2) is 19.1 Å². The second kappa shape index (κ2) is 8.04. The summed E-state index contributed by atoms with van der Waals surface area (Å²) in [5, 5.41) is 0.770. The maximum Gasteiger partial charge on any atom is 0.332 e. The van der Waals surface area contributed by atoms with Crippen LogP contribution in [0.4, 0.5) is 4.39 Å². The number of rotatable bonds is 6. The van der Waals surface area contributed by atoms with Gasteiger partial charge in [0.25, 0.3) is 5.56 Å². The first-order valence-electron chi connectivity index (χ1n) is 8.76. The van der Waals surface area contributed by atoms with E-state index in [1.54, 1.807) is 25.2 Å². The molecule has 2 aromatic heterocycles. The number of hydrogen-bond acceptors (Lipinski definition) is 5. The lowest BCUT2D eigenvalue weighted by molar-refractivity contribution is 0.617. The molecule has 0 aliphatic rings. The number of benzene rings is 1. The van der Waals surface area contributed by atoms with Crippen molar-refractivity contribution in [2.24, 2.45) is 14.1 Å². The lowest BCUT2D eigenvalue weighted by Gasteiger charge is -2.12. The van der Waals surface area contributed by atoms with Crippen molar-refractivity contribution in [1.82, 2.24) is 19.1 Å². The van der Waals surface area contributed by atoms with Gasteiger partial charge in [0.15, 0.2) is 5.65 Å². The van der Waals surface area contributed by atoms with Crippen LogP contribution in [-0.2, 0) is 26.3 Å². The van der Waals surface area contributed by atoms with Gasteiger partial charge in [-0.15, -0.1) is 11.8 Å². The Kier molecular flexibility index (Phi) is 5.74. The zero-order valence-electron chi connectivity index (χ0n) is 15.5. The summed E-state index contributed by atoms with van der Waals surface area (Å²) < 4.78 is 16.4. The van der Waals surface area contributed by atoms with E-state index in [-0.39, 0.29) is 5.82 Å². The summed E-state index contributed by atoms with van der Waals surface area (Å²) in [4.78, 5) is 34.0. The Morgan fingerprint density at radius 3 is 2.56 bits per heavy atom. The number of thioether (sulfide) groups is 1. The quantitative estimate of drug-likeness (QED) is 0.480. The molecule has 0 atom stereocenters. The van der Waals surface area contributed by atoms with E-state index in [1.807, 2.05) is 0 Å². The molecule has 0 N–H and O–H groups in total. The van der Waals surface area contributed by atoms with Gasteiger partial charge in [0, 0.05) is 26.3 Å². The van der Waals surface area contributed by atoms with Gasteiger partial charge in [0.05, 0.1) is 0 Å². The molecular weight excluding hydrogens is 367 g/mol. The first-order chi connectivity index (χ1) is 12.9. The minimum absolute atomic E-state index is 0.293. The van der Waals surface area contributed by atoms with Crippen LogP contribution in [0, 0.1) is 5.82 Å². The number of halogens is 1. The summed E-state index contributed by atoms with van der Waals surface area (Å²) in [5.74, 6) is 0.622. The van der Waals surface area contributed by atoms with Crippen LogP contribution in [0.3, 0.4) is 0 Å². The first-order valence-corrected chi connectivity index (χ1v) is 9.75. The summed E-state index contributed by atoms with van der Waals surface area (Å²) in [7, 11) is 3.02. The Morgan fingerprint density at radius 1 is 1.11 bits per heavy atom. The number of fused-ring (bicyclic) bond motifs is 1. The van der Waals surface area contributed by atoms with E-state index < -0.39 is 11.2 Å². The van der Waals surface area contributed by atoms with Crippen molar-refractivity contribution < 1.29 is 4.39 Å². The van der Waals surface area contributed by atoms with E-state index in [2.05, 4.69) is 16.9 Å². The molecule has 0 aliphatic carbocycles. The largest absolute Gasteiger partial charge is 0.332 e. The lowest BCUT2D eigenvalue weighted by Crippen LogP contribution is -2.37. The zero-order valence-corrected chi connectivity index (χ0v) is 16.3. The molecule has 2 heterocycles. The summed E-state index contributed by atoms with van der Waals surface area (Å²) >= 11 is 1.28. The minimum Gasteiger partial charge on any atom is -0.280 e. The van der Waals surface area contributed by atoms with Crippen LogP contribution in [0.15, 0.2) is 38.9 Å². The summed E-state index contributed by atoms with van der Waals surface area (Å²) in [6, 6.07) is 6.52. The number of hydrogen-bond donors (Lipinski definition) is 0. The molecular formula is C19H21FN4O2S. The normalized spacial score (nSPS) is 11.3. The maximum atomic E-state index is 14.0. The number of aromatic nitrogens is 4. The average Bonchev–Trinajstić information content (AvgIpc) is 2.68. The highest BCUT2D eigenvalue weighted by Gasteiger charge is 2.17. The monoisotopic (exact) mass is 388 g/mol. The second-order valence-corrected chi connectivity index (χ2v) is 7.30. The Labute approximate surface area is 160 Å². The fourth-order valence-electron chi connectivity index (χ4n) is 2.78. The molecule has 0 saturated carbocycles. The van der Waals surface area contributed by atoms with Crippen LogP contribution in [0.2, 0.25) is 0 Å². The Bertz CT molecular complexity index is 1110. The topological polar surface area (TPSA) is 69.8 Å². The van der Waals surface area contributed by atoms with Gasteiger partial charge in [0.2, 0.25) is 0 Å². The number of unbranched alkanes of at least 4 members (excludes halogenated alkanes) is 1. The maximum absolute atomic E-state index is 14.0. The van der Waals surface area contributed by atoms with Gasteiger partial charge < -0.3 is 0 Å². The average molecular weight is 388 g/mol. The van der Waals surface area contributed by atoms with Crippen LogP contribution >= 0.6 is 11.8 Å². The van der Waals surface area contributed by atoms with Crippen molar-refractivity contribution in [2.45, 2.75) is 37.0 Å². The Morgan fingerprint density at radius 2 is 1.85 bits per heavy atom. The van der Waals surface area contributed by atoms with Crippen molar-refractivity contribution in [3.05, 3.63) is 62.3 Å². The molecule has 0 aliphatic heterocycles. The molecule has 0 unspecified atom stereocenters. The van der Waals surface area contributed by atoms with E-state index in [0.717, 1.165) is 17.4 Å². The lowest BCUT2D eigenvalue weighted by atomic mass is 10.2. The number of aryl methyl sites for hydroxylation is 2. The summed E-state index contributed by atoms with van der Waals surface area (Å²) in [5.41, 5.74) is -0.0184. The highest BCUT2D eigenvalue weighted by molar-refractivity contribution is 7.98. The fraction of sp³-hybridized carbons (Fsp3) is 0.368. The van der Waals surface area contributed by atoms with Crippen molar-refractivity contribution in [3.63, 3.8) is 0 Å². The smallest absolute Gasteiger partial charge is 0.280 e. The standard InChI is InChI=1S/C19H21FN4O2S/c1-4-5-10-14-21-16-15(18(25)24(3)19(26)23(16)2)17(22-14)27-11-12-8-6-7-9-13(12)20/h6-9H,4-5,10-11H2,1-3H3. The third-order valence-corrected chi connectivity index (χ3v) is 5.41. The minimum atomic E-state index is -0.439. The van der Waals surface area contributed by atoms with E-state index in [9.17, 15) is 14.0 Å². The van der Waals surface area contributed by atoms with Crippen molar-refractivity contribution in [2.75, 3.05) is 0 Å². The molecule has 3 rings (SSSR count). The highest BCUT2D eigenvalue weighted by Crippen LogP contribution is 2.27. The van der Waals surface area contributed by atoms with Crippen LogP contribution < -0.4 is 11.2 Å². The van der Waals surface area contributed by atoms with Gasteiger partial charge in [-0.05, 0) is 18.1 Å². The predicted octanol–water partition coefficient (Wildman–Crippen LogP) is 2.80. The molecule has 0 spiro atoms. The molecule has 1 aromatic carbocycles. The van der Waals surface area contributed by atoms with Crippen LogP contribution in [0.25, 0.3) is 11.0 Å². The van der Waals surface area contributed by atoms with Crippen LogP contribution in [0.1, 0.15) is 31.2 Å². The molecule has 0 saturated heterocycles. The van der Waals surface area contributed by atoms with E-state index in [0.29, 0.717) is 39.6 Å². The Hall–Kier alpha value is -2.48. The zero-order chi connectivity index (χ0) is 19.6. The summed E-state index contributed by atoms with van der Waals surface area (Å²) in [6.07, 6.45) is 2.54. The highest BCUT2D eigenvalue weighted by atomic mass is 32.2. The van der Waals surface area contributed by atoms with Gasteiger partial charge in [-0.1, -0.05) is 31.5 Å². The van der Waals surface area contributed by atoms with E-state index in [4.69, 9.17) is 0 Å². The Balaban J connectivity index is 2.15. The van der Waals surface area contributed by atoms with Crippen LogP contribution in [0.5, 0.6) is 0 Å². The predicted molar refractivity (Wildman–Crippen MR) is 105 cm³/mol. The molecule has 0 bridgehead atoms. The molecule has 27 heavy (non-hydrogen) atoms. The van der Waals surface area contributed by atoms with Gasteiger partial charge in [-0.25, -0.2) is 19.2 Å². The van der Waals surface area contributed by atoms with Gasteiger partial charge in [-0.2, -0.15) is 0 Å². The van der Waals surface area contributed by atoms with Gasteiger partial charge >= 0.3 is 5.69 Å². The van der Waals surface area contributed by atoms with Crippen molar-refractivity contribution in [1.29, 1.82) is 0 Å². The molecule has 142 valence electrons. The molecule has 0 radical (unpaired) electrons. The SMILES string of the molecule is CCCCc1nc(SCc2ccccc2F)c2c(=O)n(C)c(=O)n(C)c2n1. The number of nitrogens with zero attached hydrogens (tertiary/aromatic N) is 4. The van der Waals surface area contributed by atoms with Gasteiger partial charge in [-0.3, -0.25) is 13.9 Å². The molecule has 0 fully saturated rings. The molecule has 3 aromatic rings. The first kappa shape index (κ1) is 19.3. The van der Waals surface area contributed by atoms with E-state index in [1.165, 1.54) is 29.4 Å². The third kappa shape index (κ3) is 3.80. The van der Waals surface area contributed by atoms with E-state index >= 15 is 0 Å². The fourth-order valence-corrected chi connectivity index (χ4v) is 3.80. The molecule has 6 nitrogen and oxygen atoms in total. The van der Waals surface area contributed by atoms with Gasteiger partial charge in [0.1, 0.15) is 22.1 Å². The van der Waals surface area contributed by atoms with Crippen molar-refractivity contribution >= 4 is 22.8 Å². The molecule has 8 heteroatoms. The third-order valence-electron chi connectivity index (χ3n) is 4.39. The molecule has 0 amide bonds. The summed E-state index contributed by atoms with van der Waals surface area (Å²) in [6.45, 7) is 2.07. The second-order valence-electron chi connectivity index (χ2n) is 6.33. The van der Waals surface area contributed by atoms with Crippen molar-refractivity contribution in [3.8, 4) is 0 Å².